The number of benzene rings is 2. The Morgan fingerprint density at radius 2 is 1.79 bits per heavy atom. The molecule has 4 nitrogen and oxygen atoms in total. The van der Waals surface area contributed by atoms with E-state index in [0.717, 1.165) is 10.0 Å². The average Bonchev–Trinajstić information content (AvgIpc) is 2.65. The van der Waals surface area contributed by atoms with Crippen molar-refractivity contribution >= 4 is 27.8 Å². The van der Waals surface area contributed by atoms with Gasteiger partial charge >= 0.3 is 0 Å². The smallest absolute Gasteiger partial charge is 0.178 e. The van der Waals surface area contributed by atoms with Gasteiger partial charge in [0.05, 0.1) is 12.2 Å². The number of Topliss-reactive ketones (excluding diaryl/α,β-unsaturated/α-hetero) is 1. The van der Waals surface area contributed by atoms with Gasteiger partial charge in [-0.3, -0.25) is 4.79 Å². The van der Waals surface area contributed by atoms with E-state index in [1.165, 1.54) is 0 Å². The summed E-state index contributed by atoms with van der Waals surface area (Å²) in [6.45, 7) is 8.18. The van der Waals surface area contributed by atoms with E-state index in [1.807, 2.05) is 43.3 Å². The van der Waals surface area contributed by atoms with Crippen LogP contribution in [0.15, 0.2) is 52.5 Å². The SMILES string of the molecule is CCOc1cc(C=C(C#N)C(=O)C(C)(C)C)ccc1OCc1ccc(Br)cc1. The zero-order chi connectivity index (χ0) is 20.7. The number of nitrogens with zero attached hydrogens (tertiary/aromatic N) is 1. The van der Waals surface area contributed by atoms with Gasteiger partial charge in [-0.2, -0.15) is 5.26 Å². The van der Waals surface area contributed by atoms with E-state index >= 15 is 0 Å². The topological polar surface area (TPSA) is 59.3 Å². The summed E-state index contributed by atoms with van der Waals surface area (Å²) in [6, 6.07) is 15.3. The molecule has 0 radical (unpaired) electrons. The second-order valence-electron chi connectivity index (χ2n) is 7.30. The summed E-state index contributed by atoms with van der Waals surface area (Å²) in [5, 5.41) is 9.38. The summed E-state index contributed by atoms with van der Waals surface area (Å²) in [4.78, 5) is 12.4. The highest BCUT2D eigenvalue weighted by Gasteiger charge is 2.25. The third-order valence-corrected chi connectivity index (χ3v) is 4.46. The van der Waals surface area contributed by atoms with Crippen molar-refractivity contribution < 1.29 is 14.3 Å². The van der Waals surface area contributed by atoms with Gasteiger partial charge in [0.1, 0.15) is 12.7 Å². The van der Waals surface area contributed by atoms with Gasteiger partial charge in [0.25, 0.3) is 0 Å². The molecule has 0 N–H and O–H groups in total. The molecule has 0 saturated heterocycles. The highest BCUT2D eigenvalue weighted by molar-refractivity contribution is 9.10. The molecule has 0 atom stereocenters. The maximum Gasteiger partial charge on any atom is 0.178 e. The summed E-state index contributed by atoms with van der Waals surface area (Å²) in [7, 11) is 0. The van der Waals surface area contributed by atoms with Gasteiger partial charge in [0.15, 0.2) is 17.3 Å². The van der Waals surface area contributed by atoms with Crippen LogP contribution in [0.25, 0.3) is 6.08 Å². The van der Waals surface area contributed by atoms with E-state index in [1.54, 1.807) is 39.0 Å². The summed E-state index contributed by atoms with van der Waals surface area (Å²) in [5.74, 6) is 1.000. The molecule has 0 aliphatic heterocycles. The Morgan fingerprint density at radius 1 is 1.11 bits per heavy atom. The fourth-order valence-corrected chi connectivity index (χ4v) is 2.73. The van der Waals surface area contributed by atoms with Crippen LogP contribution < -0.4 is 9.47 Å². The molecule has 5 heteroatoms. The lowest BCUT2D eigenvalue weighted by atomic mass is 9.86. The number of allylic oxidation sites excluding steroid dienone is 1. The Morgan fingerprint density at radius 3 is 2.36 bits per heavy atom. The molecule has 0 amide bonds. The molecule has 0 spiro atoms. The zero-order valence-corrected chi connectivity index (χ0v) is 18.2. The fraction of sp³-hybridized carbons (Fsp3) is 0.304. The highest BCUT2D eigenvalue weighted by Crippen LogP contribution is 2.31. The van der Waals surface area contributed by atoms with E-state index in [2.05, 4.69) is 15.9 Å². The van der Waals surface area contributed by atoms with Crippen LogP contribution in [0.3, 0.4) is 0 Å². The van der Waals surface area contributed by atoms with Gasteiger partial charge in [-0.1, -0.05) is 54.9 Å². The molecule has 28 heavy (non-hydrogen) atoms. The molecule has 0 unspecified atom stereocenters. The summed E-state index contributed by atoms with van der Waals surface area (Å²) in [5.41, 5.74) is 1.27. The Labute approximate surface area is 174 Å². The number of ether oxygens (including phenoxy) is 2. The van der Waals surface area contributed by atoms with Crippen LogP contribution in [0, 0.1) is 16.7 Å². The van der Waals surface area contributed by atoms with E-state index in [4.69, 9.17) is 9.47 Å². The van der Waals surface area contributed by atoms with Crippen LogP contribution in [-0.4, -0.2) is 12.4 Å². The molecule has 0 fully saturated rings. The summed E-state index contributed by atoms with van der Waals surface area (Å²) in [6.07, 6.45) is 1.59. The maximum absolute atomic E-state index is 12.4. The summed E-state index contributed by atoms with van der Waals surface area (Å²) >= 11 is 3.42. The molecule has 0 aliphatic rings. The number of halogens is 1. The van der Waals surface area contributed by atoms with Gasteiger partial charge in [-0.05, 0) is 48.4 Å². The van der Waals surface area contributed by atoms with Crippen molar-refractivity contribution in [1.29, 1.82) is 5.26 Å². The molecule has 2 aromatic carbocycles. The average molecular weight is 442 g/mol. The number of ketones is 1. The molecule has 0 heterocycles. The second kappa shape index (κ2) is 9.57. The van der Waals surface area contributed by atoms with Crippen molar-refractivity contribution in [1.82, 2.24) is 0 Å². The van der Waals surface area contributed by atoms with E-state index in [-0.39, 0.29) is 11.4 Å². The Kier molecular flexibility index (Phi) is 7.42. The molecule has 0 aromatic heterocycles. The second-order valence-corrected chi connectivity index (χ2v) is 8.22. The van der Waals surface area contributed by atoms with Crippen LogP contribution in [-0.2, 0) is 11.4 Å². The normalized spacial score (nSPS) is 11.6. The molecular weight excluding hydrogens is 418 g/mol. The molecule has 146 valence electrons. The lowest BCUT2D eigenvalue weighted by Crippen LogP contribution is -2.21. The number of hydrogen-bond donors (Lipinski definition) is 0. The van der Waals surface area contributed by atoms with E-state index in [9.17, 15) is 10.1 Å². The van der Waals surface area contributed by atoms with Crippen LogP contribution in [0.2, 0.25) is 0 Å². The maximum atomic E-state index is 12.4. The quantitative estimate of drug-likeness (QED) is 0.393. The van der Waals surface area contributed by atoms with Crippen LogP contribution in [0.4, 0.5) is 0 Å². The predicted octanol–water partition coefficient (Wildman–Crippen LogP) is 5.95. The monoisotopic (exact) mass is 441 g/mol. The minimum atomic E-state index is -0.613. The third kappa shape index (κ3) is 5.97. The van der Waals surface area contributed by atoms with Gasteiger partial charge in [-0.15, -0.1) is 0 Å². The van der Waals surface area contributed by atoms with Crippen LogP contribution in [0.1, 0.15) is 38.8 Å². The van der Waals surface area contributed by atoms with E-state index in [0.29, 0.717) is 30.3 Å². The van der Waals surface area contributed by atoms with Crippen molar-refractivity contribution in [3.63, 3.8) is 0 Å². The van der Waals surface area contributed by atoms with Gasteiger partial charge in [0.2, 0.25) is 0 Å². The first-order valence-electron chi connectivity index (χ1n) is 9.05. The highest BCUT2D eigenvalue weighted by atomic mass is 79.9. The van der Waals surface area contributed by atoms with Crippen molar-refractivity contribution in [2.24, 2.45) is 5.41 Å². The Hall–Kier alpha value is -2.58. The van der Waals surface area contributed by atoms with Crippen molar-refractivity contribution in [3.05, 3.63) is 63.6 Å². The predicted molar refractivity (Wildman–Crippen MR) is 114 cm³/mol. The molecule has 0 bridgehead atoms. The molecule has 2 rings (SSSR count). The van der Waals surface area contributed by atoms with Gasteiger partial charge in [0, 0.05) is 9.89 Å². The number of carbonyl (C=O) groups excluding carboxylic acids is 1. The minimum Gasteiger partial charge on any atom is -0.490 e. The number of nitriles is 1. The molecule has 2 aromatic rings. The standard InChI is InChI=1S/C23H24BrNO3/c1-5-27-21-13-17(12-18(14-25)22(26)23(2,3)4)8-11-20(21)28-15-16-6-9-19(24)10-7-16/h6-13H,5,15H2,1-4H3. The van der Waals surface area contributed by atoms with Crippen molar-refractivity contribution in [2.75, 3.05) is 6.61 Å². The lowest BCUT2D eigenvalue weighted by molar-refractivity contribution is -0.121. The minimum absolute atomic E-state index is 0.124. The first-order chi connectivity index (χ1) is 13.2. The third-order valence-electron chi connectivity index (χ3n) is 3.93. The molecule has 0 saturated carbocycles. The number of hydrogen-bond acceptors (Lipinski definition) is 4. The first kappa shape index (κ1) is 21.7. The first-order valence-corrected chi connectivity index (χ1v) is 9.84. The van der Waals surface area contributed by atoms with Crippen LogP contribution >= 0.6 is 15.9 Å². The van der Waals surface area contributed by atoms with Crippen molar-refractivity contribution in [2.45, 2.75) is 34.3 Å². The zero-order valence-electron chi connectivity index (χ0n) is 16.6. The number of rotatable bonds is 7. The Bertz CT molecular complexity index is 903. The van der Waals surface area contributed by atoms with E-state index < -0.39 is 5.41 Å². The fourth-order valence-electron chi connectivity index (χ4n) is 2.46. The largest absolute Gasteiger partial charge is 0.490 e. The number of carbonyl (C=O) groups is 1. The van der Waals surface area contributed by atoms with Gasteiger partial charge in [-0.25, -0.2) is 0 Å². The van der Waals surface area contributed by atoms with Gasteiger partial charge < -0.3 is 9.47 Å². The molecule has 0 aliphatic carbocycles. The lowest BCUT2D eigenvalue weighted by Gasteiger charge is -2.16. The Balaban J connectivity index is 2.26. The van der Waals surface area contributed by atoms with Crippen LogP contribution in [0.5, 0.6) is 11.5 Å². The summed E-state index contributed by atoms with van der Waals surface area (Å²) < 4.78 is 12.6. The molecular formula is C23H24BrNO3. The van der Waals surface area contributed by atoms with Crippen molar-refractivity contribution in [3.8, 4) is 17.6 Å².